The summed E-state index contributed by atoms with van der Waals surface area (Å²) in [5.74, 6) is -1.14. The van der Waals surface area contributed by atoms with Gasteiger partial charge in [-0.1, -0.05) is 0 Å². The van der Waals surface area contributed by atoms with Gasteiger partial charge in [0.05, 0.1) is 6.54 Å². The van der Waals surface area contributed by atoms with Crippen LogP contribution in [0.2, 0.25) is 0 Å². The van der Waals surface area contributed by atoms with Gasteiger partial charge in [0.15, 0.2) is 0 Å². The molecule has 0 aromatic rings. The van der Waals surface area contributed by atoms with Crippen LogP contribution in [0.5, 0.6) is 0 Å². The predicted octanol–water partition coefficient (Wildman–Crippen LogP) is -1.54. The van der Waals surface area contributed by atoms with E-state index in [0.29, 0.717) is 0 Å². The van der Waals surface area contributed by atoms with Gasteiger partial charge in [-0.05, 0) is 6.42 Å². The SMILES string of the molecule is NC(CCN[N+](=O)O)C(=O)O. The molecule has 11 heavy (non-hydrogen) atoms. The molecule has 1 unspecified atom stereocenters. The van der Waals surface area contributed by atoms with Gasteiger partial charge in [0.1, 0.15) is 10.9 Å². The highest BCUT2D eigenvalue weighted by molar-refractivity contribution is 5.72. The maximum absolute atomic E-state index is 10.1. The molecular formula is C4H10N3O4+. The molecule has 0 heterocycles. The molecule has 0 amide bonds. The Morgan fingerprint density at radius 3 is 2.64 bits per heavy atom. The fraction of sp³-hybridized carbons (Fsp3) is 0.750. The quantitative estimate of drug-likeness (QED) is 0.366. The third-order valence-corrected chi connectivity index (χ3v) is 1.02. The van der Waals surface area contributed by atoms with Crippen molar-refractivity contribution in [3.05, 3.63) is 4.91 Å². The van der Waals surface area contributed by atoms with Crippen molar-refractivity contribution in [2.24, 2.45) is 5.73 Å². The Kier molecular flexibility index (Phi) is 3.89. The van der Waals surface area contributed by atoms with Crippen LogP contribution in [-0.4, -0.2) is 33.9 Å². The van der Waals surface area contributed by atoms with Crippen LogP contribution in [0.1, 0.15) is 6.42 Å². The highest BCUT2D eigenvalue weighted by atomic mass is 16.7. The Bertz CT molecular complexity index is 159. The van der Waals surface area contributed by atoms with E-state index in [1.807, 2.05) is 5.43 Å². The second-order valence-electron chi connectivity index (χ2n) is 1.91. The number of carbonyl (C=O) groups is 1. The summed E-state index contributed by atoms with van der Waals surface area (Å²) in [5, 5.41) is 15.7. The summed E-state index contributed by atoms with van der Waals surface area (Å²) in [6.07, 6.45) is 0.0780. The molecule has 0 spiro atoms. The van der Waals surface area contributed by atoms with Gasteiger partial charge in [-0.2, -0.15) is 0 Å². The van der Waals surface area contributed by atoms with Crippen LogP contribution < -0.4 is 11.2 Å². The maximum atomic E-state index is 10.1. The summed E-state index contributed by atoms with van der Waals surface area (Å²) in [6, 6.07) is -1.01. The van der Waals surface area contributed by atoms with E-state index in [1.165, 1.54) is 0 Å². The minimum Gasteiger partial charge on any atom is -0.480 e. The van der Waals surface area contributed by atoms with Gasteiger partial charge in [0.25, 0.3) is 0 Å². The predicted molar refractivity (Wildman–Crippen MR) is 33.6 cm³/mol. The average molecular weight is 164 g/mol. The number of aliphatic carboxylic acids is 1. The van der Waals surface area contributed by atoms with E-state index in [1.54, 1.807) is 0 Å². The Labute approximate surface area is 62.3 Å². The van der Waals surface area contributed by atoms with Crippen LogP contribution in [-0.2, 0) is 4.79 Å². The second-order valence-corrected chi connectivity index (χ2v) is 1.91. The molecule has 1 atom stereocenters. The van der Waals surface area contributed by atoms with Crippen LogP contribution in [0.4, 0.5) is 0 Å². The number of nitrogens with zero attached hydrogens (tertiary/aromatic N) is 1. The zero-order valence-electron chi connectivity index (χ0n) is 5.73. The van der Waals surface area contributed by atoms with Gasteiger partial charge in [-0.15, -0.1) is 5.43 Å². The standard InChI is InChI=1S/C4H9N3O4/c5-3(4(8)9)1-2-6-7(10)11/h3,6H,1-2,5H2,(H-,8,9,10,11)/p+1. The lowest BCUT2D eigenvalue weighted by Crippen LogP contribution is -2.35. The second kappa shape index (κ2) is 4.45. The van der Waals surface area contributed by atoms with Crippen molar-refractivity contribution in [1.82, 2.24) is 5.43 Å². The number of carboxylic acid groups (broad SMARTS) is 1. The number of carboxylic acids is 1. The van der Waals surface area contributed by atoms with Crippen LogP contribution in [0, 0.1) is 4.91 Å². The Hall–Kier alpha value is -1.37. The molecule has 5 N–H and O–H groups in total. The van der Waals surface area contributed by atoms with Gasteiger partial charge >= 0.3 is 11.0 Å². The summed E-state index contributed by atoms with van der Waals surface area (Å²) in [6.45, 7) is 0.0213. The summed E-state index contributed by atoms with van der Waals surface area (Å²) >= 11 is 0. The van der Waals surface area contributed by atoms with Crippen LogP contribution in [0.25, 0.3) is 0 Å². The van der Waals surface area contributed by atoms with E-state index in [0.717, 1.165) is 0 Å². The van der Waals surface area contributed by atoms with Gasteiger partial charge in [0, 0.05) is 0 Å². The number of nitrogens with one attached hydrogen (secondary N) is 1. The molecule has 64 valence electrons. The van der Waals surface area contributed by atoms with Crippen molar-refractivity contribution < 1.29 is 20.1 Å². The molecule has 7 heteroatoms. The molecule has 0 bridgehead atoms. The van der Waals surface area contributed by atoms with Crippen molar-refractivity contribution in [3.63, 3.8) is 0 Å². The van der Waals surface area contributed by atoms with Crippen molar-refractivity contribution in [3.8, 4) is 0 Å². The minimum atomic E-state index is -1.14. The van der Waals surface area contributed by atoms with Crippen LogP contribution >= 0.6 is 0 Å². The molecular weight excluding hydrogens is 154 g/mol. The highest BCUT2D eigenvalue weighted by Gasteiger charge is 2.12. The largest absolute Gasteiger partial charge is 0.480 e. The average Bonchev–Trinajstić information content (AvgIpc) is 1.86. The Morgan fingerprint density at radius 2 is 2.27 bits per heavy atom. The first kappa shape index (κ1) is 9.63. The zero-order valence-corrected chi connectivity index (χ0v) is 5.73. The van der Waals surface area contributed by atoms with Gasteiger partial charge in [-0.25, -0.2) is 5.21 Å². The molecule has 0 aromatic heterocycles. The normalized spacial score (nSPS) is 12.1. The minimum absolute atomic E-state index is 0.0213. The van der Waals surface area contributed by atoms with E-state index in [9.17, 15) is 9.70 Å². The Balaban J connectivity index is 3.39. The summed E-state index contributed by atoms with van der Waals surface area (Å²) in [4.78, 5) is 19.8. The molecule has 0 aliphatic rings. The first-order valence-electron chi connectivity index (χ1n) is 2.92. The summed E-state index contributed by atoms with van der Waals surface area (Å²) in [7, 11) is 0. The monoisotopic (exact) mass is 164 g/mol. The van der Waals surface area contributed by atoms with Crippen LogP contribution in [0.3, 0.4) is 0 Å². The molecule has 0 rings (SSSR count). The van der Waals surface area contributed by atoms with Crippen molar-refractivity contribution >= 4 is 5.97 Å². The molecule has 0 aliphatic heterocycles. The fourth-order valence-electron chi connectivity index (χ4n) is 0.439. The molecule has 0 aliphatic carbocycles. The lowest BCUT2D eigenvalue weighted by molar-refractivity contribution is -0.832. The van der Waals surface area contributed by atoms with Gasteiger partial charge < -0.3 is 10.8 Å². The number of nitrogens with two attached hydrogens (primary N) is 1. The third-order valence-electron chi connectivity index (χ3n) is 1.02. The smallest absolute Gasteiger partial charge is 0.354 e. The molecule has 0 radical (unpaired) electrons. The number of rotatable bonds is 5. The summed E-state index contributed by atoms with van der Waals surface area (Å²) < 4.78 is 0. The van der Waals surface area contributed by atoms with E-state index in [-0.39, 0.29) is 13.0 Å². The summed E-state index contributed by atoms with van der Waals surface area (Å²) in [5.41, 5.74) is 6.98. The zero-order chi connectivity index (χ0) is 8.85. The first-order chi connectivity index (χ1) is 5.04. The lowest BCUT2D eigenvalue weighted by atomic mass is 10.2. The van der Waals surface area contributed by atoms with Crippen molar-refractivity contribution in [1.29, 1.82) is 0 Å². The first-order valence-corrected chi connectivity index (χ1v) is 2.92. The van der Waals surface area contributed by atoms with Gasteiger partial charge in [0.2, 0.25) is 0 Å². The lowest BCUT2D eigenvalue weighted by Gasteiger charge is -2.01. The van der Waals surface area contributed by atoms with Crippen molar-refractivity contribution in [2.45, 2.75) is 12.5 Å². The molecule has 0 aromatic carbocycles. The molecule has 0 saturated carbocycles. The molecule has 7 nitrogen and oxygen atoms in total. The third kappa shape index (κ3) is 5.09. The van der Waals surface area contributed by atoms with Crippen LogP contribution in [0.15, 0.2) is 0 Å². The highest BCUT2D eigenvalue weighted by Crippen LogP contribution is 1.84. The number of hydrogen-bond donors (Lipinski definition) is 4. The number of hydrogen-bond acceptors (Lipinski definition) is 3. The maximum Gasteiger partial charge on any atom is 0.354 e. The molecule has 0 fully saturated rings. The number of hydrazine groups is 1. The van der Waals surface area contributed by atoms with E-state index < -0.39 is 17.0 Å². The molecule has 0 saturated heterocycles. The van der Waals surface area contributed by atoms with Crippen molar-refractivity contribution in [2.75, 3.05) is 6.54 Å². The Morgan fingerprint density at radius 1 is 1.73 bits per heavy atom. The van der Waals surface area contributed by atoms with E-state index in [2.05, 4.69) is 0 Å². The van der Waals surface area contributed by atoms with Gasteiger partial charge in [-0.3, -0.25) is 4.79 Å². The van der Waals surface area contributed by atoms with E-state index >= 15 is 0 Å². The van der Waals surface area contributed by atoms with E-state index in [4.69, 9.17) is 16.0 Å². The topological polar surface area (TPSA) is 116 Å². The fourth-order valence-corrected chi connectivity index (χ4v) is 0.439.